The van der Waals surface area contributed by atoms with Crippen LogP contribution >= 0.6 is 15.9 Å². The van der Waals surface area contributed by atoms with Gasteiger partial charge in [-0.05, 0) is 18.2 Å². The van der Waals surface area contributed by atoms with Crippen LogP contribution in [0.25, 0.3) is 0 Å². The first-order valence-electron chi connectivity index (χ1n) is 4.24. The Morgan fingerprint density at radius 2 is 2.00 bits per heavy atom. The fourth-order valence-corrected chi connectivity index (χ4v) is 1.47. The Kier molecular flexibility index (Phi) is 4.21. The smallest absolute Gasteiger partial charge is 0.335 e. The molecule has 0 aliphatic carbocycles. The van der Waals surface area contributed by atoms with Crippen LogP contribution in [-0.4, -0.2) is 16.8 Å². The number of nitriles is 2. The zero-order valence-electron chi connectivity index (χ0n) is 8.31. The lowest BCUT2D eigenvalue weighted by Crippen LogP contribution is -2.00. The average Bonchev–Trinajstić information content (AvgIpc) is 2.29. The zero-order valence-corrected chi connectivity index (χ0v) is 9.89. The van der Waals surface area contributed by atoms with Gasteiger partial charge in [-0.2, -0.15) is 15.6 Å². The van der Waals surface area contributed by atoms with Gasteiger partial charge in [-0.3, -0.25) is 5.43 Å². The van der Waals surface area contributed by atoms with E-state index in [1.807, 2.05) is 0 Å². The summed E-state index contributed by atoms with van der Waals surface area (Å²) in [5, 5.41) is 29.2. The van der Waals surface area contributed by atoms with E-state index in [-0.39, 0.29) is 11.3 Å². The van der Waals surface area contributed by atoms with Crippen molar-refractivity contribution < 1.29 is 9.90 Å². The van der Waals surface area contributed by atoms with Crippen molar-refractivity contribution in [3.05, 3.63) is 28.2 Å². The summed E-state index contributed by atoms with van der Waals surface area (Å²) in [7, 11) is 0. The monoisotopic (exact) mass is 292 g/mol. The van der Waals surface area contributed by atoms with Crippen molar-refractivity contribution in [1.29, 1.82) is 10.5 Å². The van der Waals surface area contributed by atoms with E-state index in [1.165, 1.54) is 12.1 Å². The van der Waals surface area contributed by atoms with Crippen molar-refractivity contribution in [2.45, 2.75) is 0 Å². The van der Waals surface area contributed by atoms with Crippen LogP contribution < -0.4 is 5.43 Å². The predicted molar refractivity (Wildman–Crippen MR) is 63.4 cm³/mol. The van der Waals surface area contributed by atoms with Crippen LogP contribution in [0.3, 0.4) is 0 Å². The normalized spacial score (nSPS) is 8.65. The van der Waals surface area contributed by atoms with Crippen molar-refractivity contribution in [3.63, 3.8) is 0 Å². The number of hydrogen-bond donors (Lipinski definition) is 2. The number of hydrazone groups is 1. The van der Waals surface area contributed by atoms with E-state index in [0.29, 0.717) is 10.2 Å². The number of rotatable bonds is 3. The fourth-order valence-electron chi connectivity index (χ4n) is 0.973. The lowest BCUT2D eigenvalue weighted by molar-refractivity contribution is 0.0697. The van der Waals surface area contributed by atoms with Crippen molar-refractivity contribution in [2.24, 2.45) is 5.10 Å². The SMILES string of the molecule is N#CC(C#N)=NNc1cc(Br)cc(C(=O)O)c1. The first-order valence-corrected chi connectivity index (χ1v) is 5.04. The van der Waals surface area contributed by atoms with Crippen molar-refractivity contribution in [3.8, 4) is 12.1 Å². The number of benzene rings is 1. The Bertz CT molecular complexity index is 553. The van der Waals surface area contributed by atoms with E-state index in [1.54, 1.807) is 18.2 Å². The summed E-state index contributed by atoms with van der Waals surface area (Å²) < 4.78 is 0.547. The van der Waals surface area contributed by atoms with Crippen LogP contribution in [0.4, 0.5) is 5.69 Å². The number of carboxylic acids is 1. The molecule has 0 aliphatic rings. The van der Waals surface area contributed by atoms with Crippen LogP contribution in [0.15, 0.2) is 27.8 Å². The molecule has 84 valence electrons. The molecule has 0 amide bonds. The molecule has 0 saturated carbocycles. The van der Waals surface area contributed by atoms with Gasteiger partial charge in [0.05, 0.1) is 11.3 Å². The highest BCUT2D eigenvalue weighted by molar-refractivity contribution is 9.10. The number of anilines is 1. The molecule has 0 bridgehead atoms. The maximum absolute atomic E-state index is 10.8. The van der Waals surface area contributed by atoms with Gasteiger partial charge in [-0.25, -0.2) is 4.79 Å². The van der Waals surface area contributed by atoms with E-state index < -0.39 is 5.97 Å². The van der Waals surface area contributed by atoms with E-state index >= 15 is 0 Å². The number of halogens is 1. The molecule has 6 nitrogen and oxygen atoms in total. The maximum atomic E-state index is 10.8. The minimum atomic E-state index is -1.08. The third-order valence-electron chi connectivity index (χ3n) is 1.65. The fraction of sp³-hybridized carbons (Fsp3) is 0. The second kappa shape index (κ2) is 5.64. The Labute approximate surface area is 105 Å². The molecule has 7 heteroatoms. The third kappa shape index (κ3) is 3.59. The summed E-state index contributed by atoms with van der Waals surface area (Å²) in [4.78, 5) is 10.8. The minimum absolute atomic E-state index is 0.0625. The van der Waals surface area contributed by atoms with Gasteiger partial charge >= 0.3 is 5.97 Å². The molecule has 1 aromatic carbocycles. The number of hydrogen-bond acceptors (Lipinski definition) is 5. The topological polar surface area (TPSA) is 109 Å². The number of nitrogens with zero attached hydrogens (tertiary/aromatic N) is 3. The highest BCUT2D eigenvalue weighted by atomic mass is 79.9. The number of nitrogens with one attached hydrogen (secondary N) is 1. The molecule has 0 saturated heterocycles. The number of aromatic carboxylic acids is 1. The Morgan fingerprint density at radius 3 is 2.53 bits per heavy atom. The average molecular weight is 293 g/mol. The molecular formula is C10H5BrN4O2. The summed E-state index contributed by atoms with van der Waals surface area (Å²) >= 11 is 3.14. The van der Waals surface area contributed by atoms with Crippen molar-refractivity contribution in [2.75, 3.05) is 5.43 Å². The molecule has 0 heterocycles. The molecule has 1 aromatic rings. The van der Waals surface area contributed by atoms with Gasteiger partial charge < -0.3 is 5.11 Å². The van der Waals surface area contributed by atoms with Gasteiger partial charge in [0, 0.05) is 4.47 Å². The second-order valence-corrected chi connectivity index (χ2v) is 3.75. The highest BCUT2D eigenvalue weighted by Crippen LogP contribution is 2.19. The molecule has 0 atom stereocenters. The van der Waals surface area contributed by atoms with Crippen LogP contribution in [0.2, 0.25) is 0 Å². The van der Waals surface area contributed by atoms with Gasteiger partial charge in [-0.1, -0.05) is 15.9 Å². The number of carboxylic acid groups (broad SMARTS) is 1. The van der Waals surface area contributed by atoms with Gasteiger partial charge in [0.2, 0.25) is 5.71 Å². The summed E-state index contributed by atoms with van der Waals surface area (Å²) in [5.41, 5.74) is 2.51. The van der Waals surface area contributed by atoms with Crippen molar-refractivity contribution >= 4 is 33.3 Å². The molecule has 0 aliphatic heterocycles. The standard InChI is InChI=1S/C10H5BrN4O2/c11-7-1-6(10(16)17)2-8(3-7)14-15-9(4-12)5-13/h1-3,14H,(H,16,17). The largest absolute Gasteiger partial charge is 0.478 e. The van der Waals surface area contributed by atoms with Crippen molar-refractivity contribution in [1.82, 2.24) is 0 Å². The van der Waals surface area contributed by atoms with Crippen LogP contribution in [-0.2, 0) is 0 Å². The molecule has 0 radical (unpaired) electrons. The highest BCUT2D eigenvalue weighted by Gasteiger charge is 2.05. The van der Waals surface area contributed by atoms with Crippen LogP contribution in [0.5, 0.6) is 0 Å². The lowest BCUT2D eigenvalue weighted by Gasteiger charge is -2.02. The van der Waals surface area contributed by atoms with E-state index in [2.05, 4.69) is 26.5 Å². The Balaban J connectivity index is 3.02. The van der Waals surface area contributed by atoms with Gasteiger partial charge in [0.1, 0.15) is 12.1 Å². The molecule has 0 unspecified atom stereocenters. The number of carbonyl (C=O) groups is 1. The lowest BCUT2D eigenvalue weighted by atomic mass is 10.2. The Morgan fingerprint density at radius 1 is 1.35 bits per heavy atom. The molecule has 2 N–H and O–H groups in total. The summed E-state index contributed by atoms with van der Waals surface area (Å²) in [6, 6.07) is 7.48. The van der Waals surface area contributed by atoms with Gasteiger partial charge in [-0.15, -0.1) is 0 Å². The summed E-state index contributed by atoms with van der Waals surface area (Å²) in [6.07, 6.45) is 0. The molecule has 1 rings (SSSR count). The zero-order chi connectivity index (χ0) is 12.8. The third-order valence-corrected chi connectivity index (χ3v) is 2.11. The predicted octanol–water partition coefficient (Wildman–Crippen LogP) is 1.96. The maximum Gasteiger partial charge on any atom is 0.335 e. The first-order chi connectivity index (χ1) is 8.06. The minimum Gasteiger partial charge on any atom is -0.478 e. The quantitative estimate of drug-likeness (QED) is 0.654. The molecule has 0 aromatic heterocycles. The summed E-state index contributed by atoms with van der Waals surface area (Å²) in [5.74, 6) is -1.08. The van der Waals surface area contributed by atoms with Crippen LogP contribution in [0.1, 0.15) is 10.4 Å². The second-order valence-electron chi connectivity index (χ2n) is 2.83. The Hall–Kier alpha value is -2.38. The first kappa shape index (κ1) is 12.7. The molecule has 17 heavy (non-hydrogen) atoms. The van der Waals surface area contributed by atoms with Gasteiger partial charge in [0.15, 0.2) is 0 Å². The molecular weight excluding hydrogens is 288 g/mol. The van der Waals surface area contributed by atoms with Crippen LogP contribution in [0, 0.1) is 22.7 Å². The molecule has 0 fully saturated rings. The molecule has 0 spiro atoms. The van der Waals surface area contributed by atoms with E-state index in [4.69, 9.17) is 15.6 Å². The van der Waals surface area contributed by atoms with E-state index in [9.17, 15) is 4.79 Å². The summed E-state index contributed by atoms with van der Waals surface area (Å²) in [6.45, 7) is 0. The van der Waals surface area contributed by atoms with Gasteiger partial charge in [0.25, 0.3) is 0 Å². The van der Waals surface area contributed by atoms with E-state index in [0.717, 1.165) is 0 Å².